The molecule has 0 heterocycles. The summed E-state index contributed by atoms with van der Waals surface area (Å²) in [6, 6.07) is 0. The van der Waals surface area contributed by atoms with Gasteiger partial charge in [-0.15, -0.1) is 0 Å². The largest absolute Gasteiger partial charge is 0.472 e. The molecule has 0 spiro atoms. The average Bonchev–Trinajstić information content (AvgIpc) is 3.60. The van der Waals surface area contributed by atoms with Crippen molar-refractivity contribution in [2.75, 3.05) is 39.6 Å². The Bertz CT molecular complexity index is 1740. The Balaban J connectivity index is 5.13. The fourth-order valence-electron chi connectivity index (χ4n) is 10.8. The van der Waals surface area contributed by atoms with Crippen molar-refractivity contribution in [1.82, 2.24) is 0 Å². The Hall–Kier alpha value is -1.94. The summed E-state index contributed by atoms with van der Waals surface area (Å²) in [6.45, 7) is 7.19. The molecule has 0 saturated carbocycles. The van der Waals surface area contributed by atoms with Gasteiger partial charge < -0.3 is 33.8 Å². The minimum Gasteiger partial charge on any atom is -0.462 e. The van der Waals surface area contributed by atoms with Gasteiger partial charge in [-0.2, -0.15) is 0 Å². The van der Waals surface area contributed by atoms with Gasteiger partial charge in [0.1, 0.15) is 19.3 Å². The summed E-state index contributed by atoms with van der Waals surface area (Å²) in [5.41, 5.74) is 0. The van der Waals surface area contributed by atoms with E-state index in [2.05, 4.69) is 34.6 Å². The molecule has 0 bridgehead atoms. The molecule has 0 aliphatic carbocycles. The van der Waals surface area contributed by atoms with Gasteiger partial charge in [-0.1, -0.05) is 317 Å². The molecule has 5 atom stereocenters. The minimum absolute atomic E-state index is 0.104. The van der Waals surface area contributed by atoms with Gasteiger partial charge in [0.15, 0.2) is 12.2 Å². The van der Waals surface area contributed by atoms with E-state index in [4.69, 9.17) is 37.0 Å². The van der Waals surface area contributed by atoms with Crippen LogP contribution in [0, 0.1) is 5.92 Å². The van der Waals surface area contributed by atoms with Gasteiger partial charge in [0.05, 0.1) is 26.4 Å². The van der Waals surface area contributed by atoms with Gasteiger partial charge >= 0.3 is 39.5 Å². The maximum Gasteiger partial charge on any atom is 0.472 e. The first-order valence-corrected chi connectivity index (χ1v) is 40.1. The van der Waals surface area contributed by atoms with Crippen LogP contribution in [0.3, 0.4) is 0 Å². The normalized spacial score (nSPS) is 14.1. The van der Waals surface area contributed by atoms with Gasteiger partial charge in [0, 0.05) is 25.7 Å². The molecule has 0 rings (SSSR count). The number of unbranched alkanes of at least 4 members (excludes halogenated alkanes) is 43. The van der Waals surface area contributed by atoms with Crippen LogP contribution in [0.5, 0.6) is 0 Å². The van der Waals surface area contributed by atoms with E-state index in [0.717, 1.165) is 121 Å². The number of aliphatic hydroxyl groups excluding tert-OH is 1. The number of hydrogen-bond donors (Lipinski definition) is 3. The van der Waals surface area contributed by atoms with Crippen LogP contribution in [0.1, 0.15) is 369 Å². The van der Waals surface area contributed by atoms with Crippen LogP contribution in [0.15, 0.2) is 0 Å². The molecule has 3 N–H and O–H groups in total. The predicted molar refractivity (Wildman–Crippen MR) is 363 cm³/mol. The molecule has 0 fully saturated rings. The molecule has 0 saturated heterocycles. The van der Waals surface area contributed by atoms with E-state index in [0.29, 0.717) is 25.7 Å². The summed E-state index contributed by atoms with van der Waals surface area (Å²) in [5.74, 6) is -1.33. The molecule has 0 amide bonds. The van der Waals surface area contributed by atoms with Crippen molar-refractivity contribution in [3.05, 3.63) is 0 Å². The third-order valence-electron chi connectivity index (χ3n) is 16.5. The van der Waals surface area contributed by atoms with Gasteiger partial charge in [-0.25, -0.2) is 9.13 Å². The van der Waals surface area contributed by atoms with Crippen molar-refractivity contribution in [2.24, 2.45) is 5.92 Å². The number of hydrogen-bond acceptors (Lipinski definition) is 15. The standard InChI is InChI=1S/C71H138O17P2/c1-6-9-12-15-18-19-20-21-22-23-24-25-26-31-34-37-42-47-52-57-71(76)88-67(61-82-69(74)55-50-45-41-36-33-30-28-27-29-32-35-40-43-48-53-64(4)5)63-86-90(79,80)84-59-65(72)58-83-89(77,78)85-62-66(87-70(75)56-51-46-39-17-14-11-8-3)60-81-68(73)54-49-44-38-16-13-10-7-2/h64-67,72H,6-63H2,1-5H3,(H,77,78)(H,79,80)/t65-,66+,67+/m0/s1. The number of carbonyl (C=O) groups is 4. The molecule has 17 nitrogen and oxygen atoms in total. The lowest BCUT2D eigenvalue weighted by atomic mass is 10.0. The summed E-state index contributed by atoms with van der Waals surface area (Å²) in [4.78, 5) is 72.3. The van der Waals surface area contributed by atoms with Crippen LogP contribution >= 0.6 is 15.6 Å². The maximum absolute atomic E-state index is 13.0. The highest BCUT2D eigenvalue weighted by Gasteiger charge is 2.30. The molecule has 90 heavy (non-hydrogen) atoms. The summed E-state index contributed by atoms with van der Waals surface area (Å²) in [6.07, 6.45) is 51.8. The third kappa shape index (κ3) is 64.8. The fraction of sp³-hybridized carbons (Fsp3) is 0.944. The second-order valence-electron chi connectivity index (χ2n) is 26.1. The summed E-state index contributed by atoms with van der Waals surface area (Å²) in [5, 5.41) is 10.6. The zero-order valence-corrected chi connectivity index (χ0v) is 60.1. The molecule has 0 aromatic heterocycles. The Morgan fingerprint density at radius 2 is 0.511 bits per heavy atom. The molecule has 534 valence electrons. The zero-order chi connectivity index (χ0) is 66.3. The van der Waals surface area contributed by atoms with Gasteiger partial charge in [-0.3, -0.25) is 37.3 Å². The number of rotatable bonds is 71. The van der Waals surface area contributed by atoms with Crippen molar-refractivity contribution in [3.8, 4) is 0 Å². The molecule has 0 aromatic rings. The SMILES string of the molecule is CCCCCCCCCCCCCCCCCCCCCC(=O)O[C@H](COC(=O)CCCCCCCCCCCCCCCCC(C)C)COP(=O)(O)OC[C@@H](O)COP(=O)(O)OC[C@@H](COC(=O)CCCCCCCCC)OC(=O)CCCCCCCCC. The molecule has 0 aromatic carbocycles. The van der Waals surface area contributed by atoms with E-state index in [1.165, 1.54) is 167 Å². The highest BCUT2D eigenvalue weighted by atomic mass is 31.2. The molecule has 2 unspecified atom stereocenters. The lowest BCUT2D eigenvalue weighted by molar-refractivity contribution is -0.161. The monoisotopic (exact) mass is 1320 g/mol. The van der Waals surface area contributed by atoms with Crippen molar-refractivity contribution in [2.45, 2.75) is 387 Å². The highest BCUT2D eigenvalue weighted by molar-refractivity contribution is 7.47. The topological polar surface area (TPSA) is 237 Å². The van der Waals surface area contributed by atoms with Crippen LogP contribution in [-0.4, -0.2) is 96.7 Å². The molecule has 0 aliphatic heterocycles. The predicted octanol–water partition coefficient (Wildman–Crippen LogP) is 20.5. The first-order valence-electron chi connectivity index (χ1n) is 37.1. The molecular formula is C71H138O17P2. The minimum atomic E-state index is -4.95. The van der Waals surface area contributed by atoms with Crippen molar-refractivity contribution < 1.29 is 80.2 Å². The van der Waals surface area contributed by atoms with E-state index >= 15 is 0 Å². The van der Waals surface area contributed by atoms with Gasteiger partial charge in [-0.05, 0) is 31.6 Å². The molecule has 19 heteroatoms. The second-order valence-corrected chi connectivity index (χ2v) is 29.0. The van der Waals surface area contributed by atoms with Crippen LogP contribution in [0.2, 0.25) is 0 Å². The second kappa shape index (κ2) is 64.4. The lowest BCUT2D eigenvalue weighted by Gasteiger charge is -2.21. The van der Waals surface area contributed by atoms with Crippen LogP contribution in [0.4, 0.5) is 0 Å². The number of aliphatic hydroxyl groups is 1. The first-order chi connectivity index (χ1) is 43.5. The number of carbonyl (C=O) groups excluding carboxylic acids is 4. The highest BCUT2D eigenvalue weighted by Crippen LogP contribution is 2.45. The van der Waals surface area contributed by atoms with Gasteiger partial charge in [0.25, 0.3) is 0 Å². The van der Waals surface area contributed by atoms with Crippen molar-refractivity contribution >= 4 is 39.5 Å². The van der Waals surface area contributed by atoms with Crippen LogP contribution in [0.25, 0.3) is 0 Å². The average molecular weight is 1330 g/mol. The molecular weight excluding hydrogens is 1190 g/mol. The summed E-state index contributed by atoms with van der Waals surface area (Å²) >= 11 is 0. The van der Waals surface area contributed by atoms with Crippen molar-refractivity contribution in [1.29, 1.82) is 0 Å². The zero-order valence-electron chi connectivity index (χ0n) is 58.3. The van der Waals surface area contributed by atoms with E-state index in [1.807, 2.05) is 0 Å². The van der Waals surface area contributed by atoms with Gasteiger partial charge in [0.2, 0.25) is 0 Å². The first kappa shape index (κ1) is 88.1. The fourth-order valence-corrected chi connectivity index (χ4v) is 12.4. The van der Waals surface area contributed by atoms with E-state index in [1.54, 1.807) is 0 Å². The van der Waals surface area contributed by atoms with Crippen LogP contribution < -0.4 is 0 Å². The Kier molecular flexibility index (Phi) is 63.0. The summed E-state index contributed by atoms with van der Waals surface area (Å²) in [7, 11) is -9.89. The van der Waals surface area contributed by atoms with Crippen LogP contribution in [-0.2, 0) is 65.4 Å². The lowest BCUT2D eigenvalue weighted by Crippen LogP contribution is -2.30. The Morgan fingerprint density at radius 1 is 0.300 bits per heavy atom. The quantitative estimate of drug-likeness (QED) is 0.0222. The maximum atomic E-state index is 13.0. The van der Waals surface area contributed by atoms with E-state index < -0.39 is 97.5 Å². The molecule has 0 aliphatic rings. The van der Waals surface area contributed by atoms with E-state index in [9.17, 15) is 43.2 Å². The number of phosphoric ester groups is 2. The number of esters is 4. The Labute approximate surface area is 549 Å². The smallest absolute Gasteiger partial charge is 0.462 e. The Morgan fingerprint density at radius 3 is 0.756 bits per heavy atom. The third-order valence-corrected chi connectivity index (χ3v) is 18.4. The van der Waals surface area contributed by atoms with E-state index in [-0.39, 0.29) is 25.7 Å². The van der Waals surface area contributed by atoms with Crippen molar-refractivity contribution in [3.63, 3.8) is 0 Å². The molecule has 0 radical (unpaired) electrons. The number of ether oxygens (including phenoxy) is 4. The summed E-state index contributed by atoms with van der Waals surface area (Å²) < 4.78 is 68.1. The number of phosphoric acid groups is 2.